The van der Waals surface area contributed by atoms with Crippen LogP contribution in [0.5, 0.6) is 0 Å². The molecule has 0 heterocycles. The summed E-state index contributed by atoms with van der Waals surface area (Å²) in [5.74, 6) is -0.101. The first-order valence-electron chi connectivity index (χ1n) is 5.97. The quantitative estimate of drug-likeness (QED) is 0.728. The van der Waals surface area contributed by atoms with Gasteiger partial charge in [-0.05, 0) is 34.7 Å². The molecule has 0 atom stereocenters. The molecule has 2 aromatic rings. The summed E-state index contributed by atoms with van der Waals surface area (Å²) in [5.41, 5.74) is 3.10. The van der Waals surface area contributed by atoms with Crippen LogP contribution in [-0.4, -0.2) is 6.29 Å². The summed E-state index contributed by atoms with van der Waals surface area (Å²) >= 11 is 0. The van der Waals surface area contributed by atoms with Gasteiger partial charge in [0.05, 0.1) is 5.56 Å². The molecule has 0 saturated heterocycles. The Labute approximate surface area is 106 Å². The van der Waals surface area contributed by atoms with Gasteiger partial charge in [-0.15, -0.1) is 0 Å². The largest absolute Gasteiger partial charge is 0.298 e. The summed E-state index contributed by atoms with van der Waals surface area (Å²) in [6, 6.07) is 12.7. The van der Waals surface area contributed by atoms with Crippen molar-refractivity contribution in [1.29, 1.82) is 0 Å². The van der Waals surface area contributed by atoms with E-state index in [1.165, 1.54) is 17.7 Å². The van der Waals surface area contributed by atoms with E-state index in [1.807, 2.05) is 24.3 Å². The molecule has 2 rings (SSSR count). The highest BCUT2D eigenvalue weighted by Gasteiger charge is 2.10. The van der Waals surface area contributed by atoms with E-state index >= 15 is 0 Å². The zero-order valence-electron chi connectivity index (χ0n) is 10.5. The first kappa shape index (κ1) is 12.5. The average molecular weight is 242 g/mol. The number of benzene rings is 2. The molecule has 2 aromatic carbocycles. The van der Waals surface area contributed by atoms with E-state index in [9.17, 15) is 9.18 Å². The van der Waals surface area contributed by atoms with E-state index in [-0.39, 0.29) is 5.56 Å². The van der Waals surface area contributed by atoms with Crippen molar-refractivity contribution in [3.8, 4) is 11.1 Å². The molecule has 18 heavy (non-hydrogen) atoms. The monoisotopic (exact) mass is 242 g/mol. The van der Waals surface area contributed by atoms with Crippen LogP contribution in [0.3, 0.4) is 0 Å². The van der Waals surface area contributed by atoms with E-state index < -0.39 is 5.82 Å². The SMILES string of the molecule is CC(C)c1ccccc1-c1ccc(C=O)c(F)c1. The number of hydrogen-bond donors (Lipinski definition) is 0. The van der Waals surface area contributed by atoms with Crippen molar-refractivity contribution in [2.24, 2.45) is 0 Å². The molecule has 0 aromatic heterocycles. The van der Waals surface area contributed by atoms with Gasteiger partial charge in [0.15, 0.2) is 6.29 Å². The molecule has 0 fully saturated rings. The van der Waals surface area contributed by atoms with E-state index in [4.69, 9.17) is 0 Å². The summed E-state index contributed by atoms with van der Waals surface area (Å²) in [6.07, 6.45) is 0.535. The van der Waals surface area contributed by atoms with Gasteiger partial charge in [-0.1, -0.05) is 44.2 Å². The summed E-state index contributed by atoms with van der Waals surface area (Å²) in [5, 5.41) is 0. The van der Waals surface area contributed by atoms with Crippen molar-refractivity contribution in [2.75, 3.05) is 0 Å². The van der Waals surface area contributed by atoms with Crippen LogP contribution in [0, 0.1) is 5.82 Å². The molecular weight excluding hydrogens is 227 g/mol. The molecule has 92 valence electrons. The number of aldehydes is 1. The fourth-order valence-corrected chi connectivity index (χ4v) is 2.05. The third-order valence-corrected chi connectivity index (χ3v) is 3.02. The molecule has 0 radical (unpaired) electrons. The molecular formula is C16H15FO. The predicted octanol–water partition coefficient (Wildman–Crippen LogP) is 4.43. The lowest BCUT2D eigenvalue weighted by molar-refractivity contribution is 0.112. The Balaban J connectivity index is 2.55. The second kappa shape index (κ2) is 5.13. The first-order valence-corrected chi connectivity index (χ1v) is 5.97. The second-order valence-electron chi connectivity index (χ2n) is 4.60. The third-order valence-electron chi connectivity index (χ3n) is 3.02. The Morgan fingerprint density at radius 2 is 1.83 bits per heavy atom. The van der Waals surface area contributed by atoms with Gasteiger partial charge in [-0.2, -0.15) is 0 Å². The number of hydrogen-bond acceptors (Lipinski definition) is 1. The zero-order chi connectivity index (χ0) is 13.1. The lowest BCUT2D eigenvalue weighted by atomic mass is 9.92. The Hall–Kier alpha value is -1.96. The van der Waals surface area contributed by atoms with Gasteiger partial charge in [0.1, 0.15) is 5.82 Å². The summed E-state index contributed by atoms with van der Waals surface area (Å²) in [6.45, 7) is 4.21. The maximum Gasteiger partial charge on any atom is 0.152 e. The van der Waals surface area contributed by atoms with Crippen molar-refractivity contribution >= 4 is 6.29 Å². The molecule has 0 N–H and O–H groups in total. The van der Waals surface area contributed by atoms with Gasteiger partial charge >= 0.3 is 0 Å². The molecule has 0 saturated carbocycles. The van der Waals surface area contributed by atoms with Crippen LogP contribution in [-0.2, 0) is 0 Å². The Kier molecular flexibility index (Phi) is 3.56. The molecule has 2 heteroatoms. The average Bonchev–Trinajstić information content (AvgIpc) is 2.38. The summed E-state index contributed by atoms with van der Waals surface area (Å²) in [4.78, 5) is 10.6. The predicted molar refractivity (Wildman–Crippen MR) is 71.3 cm³/mol. The van der Waals surface area contributed by atoms with Gasteiger partial charge < -0.3 is 0 Å². The molecule has 0 amide bonds. The number of rotatable bonds is 3. The maximum absolute atomic E-state index is 13.6. The van der Waals surface area contributed by atoms with Crippen LogP contribution in [0.4, 0.5) is 4.39 Å². The summed E-state index contributed by atoms with van der Waals surface area (Å²) in [7, 11) is 0. The fraction of sp³-hybridized carbons (Fsp3) is 0.188. The van der Waals surface area contributed by atoms with Crippen molar-refractivity contribution in [3.63, 3.8) is 0 Å². The fourth-order valence-electron chi connectivity index (χ4n) is 2.05. The Bertz CT molecular complexity index is 573. The van der Waals surface area contributed by atoms with Crippen LogP contribution in [0.2, 0.25) is 0 Å². The standard InChI is InChI=1S/C16H15FO/c1-11(2)14-5-3-4-6-15(14)12-7-8-13(10-18)16(17)9-12/h3-11H,1-2H3. The maximum atomic E-state index is 13.6. The van der Waals surface area contributed by atoms with Crippen LogP contribution in [0.25, 0.3) is 11.1 Å². The lowest BCUT2D eigenvalue weighted by Crippen LogP contribution is -1.94. The zero-order valence-corrected chi connectivity index (χ0v) is 10.5. The van der Waals surface area contributed by atoms with Crippen molar-refractivity contribution in [2.45, 2.75) is 19.8 Å². The highest BCUT2D eigenvalue weighted by molar-refractivity contribution is 5.78. The smallest absolute Gasteiger partial charge is 0.152 e. The van der Waals surface area contributed by atoms with Gasteiger partial charge in [-0.25, -0.2) is 4.39 Å². The molecule has 0 aliphatic heterocycles. The number of carbonyl (C=O) groups is 1. The van der Waals surface area contributed by atoms with Gasteiger partial charge in [-0.3, -0.25) is 4.79 Å². The highest BCUT2D eigenvalue weighted by atomic mass is 19.1. The second-order valence-corrected chi connectivity index (χ2v) is 4.60. The Morgan fingerprint density at radius 3 is 2.44 bits per heavy atom. The lowest BCUT2D eigenvalue weighted by Gasteiger charge is -2.13. The van der Waals surface area contributed by atoms with Gasteiger partial charge in [0.2, 0.25) is 0 Å². The van der Waals surface area contributed by atoms with Crippen molar-refractivity contribution in [1.82, 2.24) is 0 Å². The number of halogens is 1. The van der Waals surface area contributed by atoms with E-state index in [0.717, 1.165) is 11.1 Å². The molecule has 1 nitrogen and oxygen atoms in total. The topological polar surface area (TPSA) is 17.1 Å². The minimum atomic E-state index is -0.471. The van der Waals surface area contributed by atoms with E-state index in [0.29, 0.717) is 12.2 Å². The van der Waals surface area contributed by atoms with Crippen molar-refractivity contribution < 1.29 is 9.18 Å². The van der Waals surface area contributed by atoms with Gasteiger partial charge in [0.25, 0.3) is 0 Å². The Morgan fingerprint density at radius 1 is 1.11 bits per heavy atom. The molecule has 0 bridgehead atoms. The number of carbonyl (C=O) groups excluding carboxylic acids is 1. The third kappa shape index (κ3) is 2.33. The van der Waals surface area contributed by atoms with Gasteiger partial charge in [0, 0.05) is 0 Å². The van der Waals surface area contributed by atoms with Crippen molar-refractivity contribution in [3.05, 3.63) is 59.4 Å². The molecule has 0 spiro atoms. The first-order chi connectivity index (χ1) is 8.63. The van der Waals surface area contributed by atoms with Crippen LogP contribution in [0.1, 0.15) is 35.7 Å². The minimum Gasteiger partial charge on any atom is -0.298 e. The molecule has 0 unspecified atom stereocenters. The summed E-state index contributed by atoms with van der Waals surface area (Å²) < 4.78 is 13.6. The van der Waals surface area contributed by atoms with Crippen LogP contribution >= 0.6 is 0 Å². The van der Waals surface area contributed by atoms with E-state index in [1.54, 1.807) is 6.07 Å². The van der Waals surface area contributed by atoms with Crippen LogP contribution < -0.4 is 0 Å². The van der Waals surface area contributed by atoms with Crippen LogP contribution in [0.15, 0.2) is 42.5 Å². The molecule has 0 aliphatic rings. The minimum absolute atomic E-state index is 0.0979. The molecule has 0 aliphatic carbocycles. The normalized spacial score (nSPS) is 10.7. The van der Waals surface area contributed by atoms with E-state index in [2.05, 4.69) is 13.8 Å². The highest BCUT2D eigenvalue weighted by Crippen LogP contribution is 2.29.